The minimum absolute atomic E-state index is 0.0697. The molecule has 2 amide bonds. The molecule has 5 heteroatoms. The Hall–Kier alpha value is -2.95. The molecule has 2 fully saturated rings. The number of hydrogen-bond acceptors (Lipinski definition) is 3. The zero-order valence-electron chi connectivity index (χ0n) is 15.9. The molecule has 1 aliphatic heterocycles. The molecule has 1 saturated carbocycles. The number of hydrogen-bond donors (Lipinski definition) is 1. The minimum Gasteiger partial charge on any atom is -0.339 e. The van der Waals surface area contributed by atoms with Crippen molar-refractivity contribution < 1.29 is 9.59 Å². The van der Waals surface area contributed by atoms with Gasteiger partial charge in [-0.05, 0) is 48.7 Å². The fourth-order valence-corrected chi connectivity index (χ4v) is 4.10. The predicted octanol–water partition coefficient (Wildman–Crippen LogP) is 3.98. The van der Waals surface area contributed by atoms with Crippen LogP contribution in [0, 0.1) is 5.92 Å². The maximum atomic E-state index is 12.7. The highest BCUT2D eigenvalue weighted by atomic mass is 16.2. The van der Waals surface area contributed by atoms with Crippen molar-refractivity contribution in [2.45, 2.75) is 38.1 Å². The number of amides is 2. The van der Waals surface area contributed by atoms with Gasteiger partial charge < -0.3 is 10.2 Å². The fraction of sp³-hybridized carbons (Fsp3) is 0.348. The lowest BCUT2D eigenvalue weighted by Gasteiger charge is -2.23. The molecule has 1 aromatic carbocycles. The molecule has 2 heterocycles. The van der Waals surface area contributed by atoms with Gasteiger partial charge in [-0.3, -0.25) is 14.6 Å². The monoisotopic (exact) mass is 375 g/mol. The van der Waals surface area contributed by atoms with E-state index in [0.29, 0.717) is 19.0 Å². The highest BCUT2D eigenvalue weighted by Crippen LogP contribution is 2.30. The second-order valence-corrected chi connectivity index (χ2v) is 7.59. The summed E-state index contributed by atoms with van der Waals surface area (Å²) in [5.41, 5.74) is 2.62. The van der Waals surface area contributed by atoms with E-state index in [0.717, 1.165) is 29.8 Å². The first kappa shape index (κ1) is 18.4. The molecule has 2 aliphatic rings. The van der Waals surface area contributed by atoms with Crippen molar-refractivity contribution in [3.8, 4) is 0 Å². The Bertz CT molecular complexity index is 872. The van der Waals surface area contributed by atoms with Gasteiger partial charge >= 0.3 is 0 Å². The molecule has 28 heavy (non-hydrogen) atoms. The van der Waals surface area contributed by atoms with E-state index < -0.39 is 0 Å². The van der Waals surface area contributed by atoms with Gasteiger partial charge in [0, 0.05) is 30.9 Å². The summed E-state index contributed by atoms with van der Waals surface area (Å²) in [6.45, 7) is 0.550. The van der Waals surface area contributed by atoms with Crippen LogP contribution in [0.3, 0.4) is 0 Å². The number of anilines is 1. The third-order valence-electron chi connectivity index (χ3n) is 5.58. The number of pyridine rings is 1. The van der Waals surface area contributed by atoms with Crippen molar-refractivity contribution in [2.24, 2.45) is 5.92 Å². The maximum Gasteiger partial charge on any atom is 0.229 e. The molecular formula is C23H25N3O2. The van der Waals surface area contributed by atoms with Crippen LogP contribution in [0.5, 0.6) is 0 Å². The van der Waals surface area contributed by atoms with Crippen LogP contribution in [-0.4, -0.2) is 34.3 Å². The van der Waals surface area contributed by atoms with Crippen molar-refractivity contribution in [2.75, 3.05) is 11.9 Å². The highest BCUT2D eigenvalue weighted by molar-refractivity contribution is 5.97. The van der Waals surface area contributed by atoms with E-state index in [4.69, 9.17) is 0 Å². The zero-order chi connectivity index (χ0) is 19.3. The standard InChI is InChI=1S/C23H25N3O2/c27-22-15-18(16-26(22)21-9-1-2-10-21)23(28)25-20-8-5-6-17(14-20)11-12-19-7-3-4-13-24-19/h3-8,11-14,18,21H,1-2,9-10,15-16H2,(H,25,28)/b12-11+/t18-/m1/s1. The smallest absolute Gasteiger partial charge is 0.229 e. The molecule has 0 bridgehead atoms. The third-order valence-corrected chi connectivity index (χ3v) is 5.58. The van der Waals surface area contributed by atoms with Crippen LogP contribution in [0.1, 0.15) is 43.4 Å². The van der Waals surface area contributed by atoms with Gasteiger partial charge in [-0.1, -0.05) is 37.1 Å². The summed E-state index contributed by atoms with van der Waals surface area (Å²) in [5.74, 6) is -0.209. The zero-order valence-corrected chi connectivity index (χ0v) is 15.9. The Morgan fingerprint density at radius 1 is 1.11 bits per heavy atom. The number of rotatable bonds is 5. The average molecular weight is 375 g/mol. The maximum absolute atomic E-state index is 12.7. The Labute approximate surface area is 165 Å². The van der Waals surface area contributed by atoms with Gasteiger partial charge in [-0.2, -0.15) is 0 Å². The van der Waals surface area contributed by atoms with Crippen molar-refractivity contribution in [1.82, 2.24) is 9.88 Å². The molecule has 0 unspecified atom stereocenters. The van der Waals surface area contributed by atoms with E-state index in [2.05, 4.69) is 10.3 Å². The molecular weight excluding hydrogens is 350 g/mol. The topological polar surface area (TPSA) is 62.3 Å². The Kier molecular flexibility index (Phi) is 5.51. The van der Waals surface area contributed by atoms with Crippen molar-refractivity contribution in [3.05, 3.63) is 59.9 Å². The van der Waals surface area contributed by atoms with Crippen LogP contribution in [-0.2, 0) is 9.59 Å². The number of carbonyl (C=O) groups is 2. The second kappa shape index (κ2) is 8.38. The normalized spacial score (nSPS) is 20.2. The Balaban J connectivity index is 1.38. The summed E-state index contributed by atoms with van der Waals surface area (Å²) in [6, 6.07) is 13.8. The Morgan fingerprint density at radius 2 is 1.96 bits per heavy atom. The molecule has 1 saturated heterocycles. The van der Waals surface area contributed by atoms with Gasteiger partial charge in [0.25, 0.3) is 0 Å². The van der Waals surface area contributed by atoms with Crippen LogP contribution in [0.15, 0.2) is 48.7 Å². The summed E-state index contributed by atoms with van der Waals surface area (Å²) < 4.78 is 0. The van der Waals surface area contributed by atoms with Gasteiger partial charge in [-0.15, -0.1) is 0 Å². The first-order chi connectivity index (χ1) is 13.7. The lowest BCUT2D eigenvalue weighted by molar-refractivity contribution is -0.129. The van der Waals surface area contributed by atoms with Crippen molar-refractivity contribution >= 4 is 29.7 Å². The predicted molar refractivity (Wildman–Crippen MR) is 110 cm³/mol. The number of benzene rings is 1. The van der Waals surface area contributed by atoms with E-state index in [1.54, 1.807) is 6.20 Å². The summed E-state index contributed by atoms with van der Waals surface area (Å²) >= 11 is 0. The van der Waals surface area contributed by atoms with E-state index in [1.807, 2.05) is 59.5 Å². The summed E-state index contributed by atoms with van der Waals surface area (Å²) in [4.78, 5) is 31.2. The number of nitrogens with zero attached hydrogens (tertiary/aromatic N) is 2. The van der Waals surface area contributed by atoms with Gasteiger partial charge in [-0.25, -0.2) is 0 Å². The van der Waals surface area contributed by atoms with E-state index in [1.165, 1.54) is 12.8 Å². The molecule has 0 radical (unpaired) electrons. The largest absolute Gasteiger partial charge is 0.339 e. The first-order valence-corrected chi connectivity index (χ1v) is 9.98. The molecule has 0 spiro atoms. The SMILES string of the molecule is O=C(Nc1cccc(/C=C/c2ccccn2)c1)[C@@H]1CC(=O)N(C2CCCC2)C1. The van der Waals surface area contributed by atoms with Gasteiger partial charge in [0.05, 0.1) is 11.6 Å². The minimum atomic E-state index is -0.263. The molecule has 5 nitrogen and oxygen atoms in total. The van der Waals surface area contributed by atoms with Crippen LogP contribution in [0.4, 0.5) is 5.69 Å². The first-order valence-electron chi connectivity index (χ1n) is 9.98. The van der Waals surface area contributed by atoms with Crippen LogP contribution >= 0.6 is 0 Å². The molecule has 1 aromatic heterocycles. The van der Waals surface area contributed by atoms with Crippen molar-refractivity contribution in [1.29, 1.82) is 0 Å². The van der Waals surface area contributed by atoms with E-state index in [-0.39, 0.29) is 17.7 Å². The molecule has 4 rings (SSSR count). The molecule has 1 atom stereocenters. The Morgan fingerprint density at radius 3 is 2.75 bits per heavy atom. The lowest BCUT2D eigenvalue weighted by atomic mass is 10.1. The lowest BCUT2D eigenvalue weighted by Crippen LogP contribution is -2.35. The fourth-order valence-electron chi connectivity index (χ4n) is 4.10. The second-order valence-electron chi connectivity index (χ2n) is 7.59. The van der Waals surface area contributed by atoms with E-state index in [9.17, 15) is 9.59 Å². The number of aromatic nitrogens is 1. The molecule has 1 aliphatic carbocycles. The van der Waals surface area contributed by atoms with Crippen LogP contribution in [0.25, 0.3) is 12.2 Å². The number of nitrogens with one attached hydrogen (secondary N) is 1. The summed E-state index contributed by atoms with van der Waals surface area (Å²) in [5, 5.41) is 2.99. The summed E-state index contributed by atoms with van der Waals surface area (Å²) in [7, 11) is 0. The number of likely N-dealkylation sites (tertiary alicyclic amines) is 1. The van der Waals surface area contributed by atoms with Gasteiger partial charge in [0.15, 0.2) is 0 Å². The summed E-state index contributed by atoms with van der Waals surface area (Å²) in [6.07, 6.45) is 10.5. The van der Waals surface area contributed by atoms with Crippen LogP contribution in [0.2, 0.25) is 0 Å². The highest BCUT2D eigenvalue weighted by Gasteiger charge is 2.38. The van der Waals surface area contributed by atoms with Crippen molar-refractivity contribution in [3.63, 3.8) is 0 Å². The quantitative estimate of drug-likeness (QED) is 0.860. The molecule has 2 aromatic rings. The van der Waals surface area contributed by atoms with Gasteiger partial charge in [0.1, 0.15) is 0 Å². The average Bonchev–Trinajstić information content (AvgIpc) is 3.37. The molecule has 144 valence electrons. The number of carbonyl (C=O) groups excluding carboxylic acids is 2. The van der Waals surface area contributed by atoms with E-state index >= 15 is 0 Å². The van der Waals surface area contributed by atoms with Gasteiger partial charge in [0.2, 0.25) is 11.8 Å². The third kappa shape index (κ3) is 4.30. The van der Waals surface area contributed by atoms with Crippen LogP contribution < -0.4 is 5.32 Å². The molecule has 1 N–H and O–H groups in total.